The van der Waals surface area contributed by atoms with Gasteiger partial charge >= 0.3 is 0 Å². The molecule has 1 heterocycles. The first-order valence-corrected chi connectivity index (χ1v) is 5.27. The van der Waals surface area contributed by atoms with Crippen LogP contribution in [0.25, 0.3) is 0 Å². The van der Waals surface area contributed by atoms with Gasteiger partial charge in [0.1, 0.15) is 12.4 Å². The molecule has 98 valence electrons. The summed E-state index contributed by atoms with van der Waals surface area (Å²) < 4.78 is 10.1. The number of carbonyl (C=O) groups excluding carboxylic acids is 1. The number of aldehydes is 1. The van der Waals surface area contributed by atoms with Gasteiger partial charge in [0.2, 0.25) is 0 Å². The summed E-state index contributed by atoms with van der Waals surface area (Å²) in [5.41, 5.74) is 0. The lowest BCUT2D eigenvalue weighted by Gasteiger charge is -2.20. The molecule has 1 aromatic heterocycles. The first kappa shape index (κ1) is 15.6. The third-order valence-electron chi connectivity index (χ3n) is 2.37. The van der Waals surface area contributed by atoms with Gasteiger partial charge in [-0.2, -0.15) is 0 Å². The maximum Gasteiger partial charge on any atom is 0.254 e. The summed E-state index contributed by atoms with van der Waals surface area (Å²) in [6, 6.07) is 1.61. The van der Waals surface area contributed by atoms with E-state index >= 15 is 0 Å². The standard InChI is InChI=1S/C11H17NO4.CH4/c1-7(2)11(8(3)14)9-6-10(12-16-9)15-5-4-13;/h4,6-8,11,14H,5H2,1-3H3;1H4/t8?,11-;/m0./s1. The zero-order valence-corrected chi connectivity index (χ0v) is 9.71. The van der Waals surface area contributed by atoms with Crippen molar-refractivity contribution in [1.29, 1.82) is 0 Å². The largest absolute Gasteiger partial charge is 0.468 e. The molecule has 0 radical (unpaired) electrons. The highest BCUT2D eigenvalue weighted by atomic mass is 16.5. The molecule has 0 fully saturated rings. The monoisotopic (exact) mass is 243 g/mol. The SMILES string of the molecule is C.CC(C)[C@H](c1cc(OCC=O)no1)C(C)O. The van der Waals surface area contributed by atoms with Gasteiger partial charge in [0, 0.05) is 12.0 Å². The lowest BCUT2D eigenvalue weighted by atomic mass is 9.89. The van der Waals surface area contributed by atoms with Crippen LogP contribution in [0.4, 0.5) is 0 Å². The summed E-state index contributed by atoms with van der Waals surface area (Å²) in [4.78, 5) is 10.1. The van der Waals surface area contributed by atoms with Crippen LogP contribution in [0.3, 0.4) is 0 Å². The van der Waals surface area contributed by atoms with Crippen LogP contribution < -0.4 is 4.74 Å². The van der Waals surface area contributed by atoms with Gasteiger partial charge in [0.25, 0.3) is 5.88 Å². The summed E-state index contributed by atoms with van der Waals surface area (Å²) >= 11 is 0. The number of aromatic nitrogens is 1. The van der Waals surface area contributed by atoms with E-state index in [2.05, 4.69) is 5.16 Å². The quantitative estimate of drug-likeness (QED) is 0.774. The van der Waals surface area contributed by atoms with Gasteiger partial charge in [-0.1, -0.05) is 21.3 Å². The molecule has 0 amide bonds. The van der Waals surface area contributed by atoms with Crippen molar-refractivity contribution in [1.82, 2.24) is 5.16 Å². The Hall–Kier alpha value is -1.36. The fourth-order valence-electron chi connectivity index (χ4n) is 1.74. The summed E-state index contributed by atoms with van der Waals surface area (Å²) in [6.07, 6.45) is 0.120. The molecular weight excluding hydrogens is 222 g/mol. The predicted molar refractivity (Wildman–Crippen MR) is 64.1 cm³/mol. The van der Waals surface area contributed by atoms with Gasteiger partial charge in [-0.05, 0) is 18.0 Å². The van der Waals surface area contributed by atoms with E-state index in [1.165, 1.54) is 0 Å². The number of hydrogen-bond acceptors (Lipinski definition) is 5. The molecule has 0 aliphatic rings. The van der Waals surface area contributed by atoms with E-state index in [9.17, 15) is 9.90 Å². The number of nitrogens with zero attached hydrogens (tertiary/aromatic N) is 1. The van der Waals surface area contributed by atoms with Crippen molar-refractivity contribution in [3.8, 4) is 5.88 Å². The number of carbonyl (C=O) groups is 1. The third kappa shape index (κ3) is 4.19. The summed E-state index contributed by atoms with van der Waals surface area (Å²) in [7, 11) is 0. The average Bonchev–Trinajstić information content (AvgIpc) is 2.62. The molecule has 0 spiro atoms. The minimum absolute atomic E-state index is 0. The molecule has 1 rings (SSSR count). The number of ether oxygens (including phenoxy) is 1. The molecule has 5 nitrogen and oxygen atoms in total. The van der Waals surface area contributed by atoms with Gasteiger partial charge in [-0.15, -0.1) is 0 Å². The van der Waals surface area contributed by atoms with Crippen LogP contribution in [0.1, 0.15) is 39.9 Å². The van der Waals surface area contributed by atoms with Crippen LogP contribution >= 0.6 is 0 Å². The Labute approximate surface area is 102 Å². The van der Waals surface area contributed by atoms with E-state index in [4.69, 9.17) is 9.26 Å². The molecule has 1 unspecified atom stereocenters. The fourth-order valence-corrected chi connectivity index (χ4v) is 1.74. The Morgan fingerprint density at radius 2 is 2.18 bits per heavy atom. The van der Waals surface area contributed by atoms with Crippen molar-refractivity contribution >= 4 is 6.29 Å². The average molecular weight is 243 g/mol. The van der Waals surface area contributed by atoms with Gasteiger partial charge in [0.05, 0.1) is 6.10 Å². The normalized spacial score (nSPS) is 13.9. The fraction of sp³-hybridized carbons (Fsp3) is 0.667. The second-order valence-corrected chi connectivity index (χ2v) is 4.06. The van der Waals surface area contributed by atoms with Gasteiger partial charge in [-0.25, -0.2) is 0 Å². The van der Waals surface area contributed by atoms with Crippen LogP contribution in [-0.4, -0.2) is 29.3 Å². The van der Waals surface area contributed by atoms with Crippen molar-refractivity contribution < 1.29 is 19.2 Å². The molecule has 1 N–H and O–H groups in total. The number of hydrogen-bond donors (Lipinski definition) is 1. The second-order valence-electron chi connectivity index (χ2n) is 4.06. The van der Waals surface area contributed by atoms with E-state index in [0.717, 1.165) is 0 Å². The second kappa shape index (κ2) is 7.06. The van der Waals surface area contributed by atoms with Crippen molar-refractivity contribution in [2.24, 2.45) is 5.92 Å². The van der Waals surface area contributed by atoms with Crippen LogP contribution in [0, 0.1) is 5.92 Å². The molecule has 0 aromatic carbocycles. The summed E-state index contributed by atoms with van der Waals surface area (Å²) in [5.74, 6) is 0.951. The lowest BCUT2D eigenvalue weighted by Crippen LogP contribution is -2.19. The van der Waals surface area contributed by atoms with Crippen molar-refractivity contribution in [3.63, 3.8) is 0 Å². The van der Waals surface area contributed by atoms with Crippen molar-refractivity contribution in [3.05, 3.63) is 11.8 Å². The predicted octanol–water partition coefficient (Wildman–Crippen LogP) is 2.01. The molecular formula is C12H21NO4. The first-order valence-electron chi connectivity index (χ1n) is 5.27. The maximum absolute atomic E-state index is 10.1. The van der Waals surface area contributed by atoms with E-state index in [1.807, 2.05) is 13.8 Å². The zero-order valence-electron chi connectivity index (χ0n) is 9.71. The van der Waals surface area contributed by atoms with E-state index < -0.39 is 6.10 Å². The Kier molecular flexibility index (Phi) is 6.50. The Balaban J connectivity index is 0.00000256. The Bertz CT molecular complexity index is 325. The minimum Gasteiger partial charge on any atom is -0.468 e. The Morgan fingerprint density at radius 3 is 2.65 bits per heavy atom. The van der Waals surface area contributed by atoms with Gasteiger partial charge < -0.3 is 14.4 Å². The molecule has 0 aliphatic heterocycles. The molecule has 0 bridgehead atoms. The molecule has 5 heteroatoms. The van der Waals surface area contributed by atoms with Crippen LogP contribution in [-0.2, 0) is 4.79 Å². The van der Waals surface area contributed by atoms with Crippen molar-refractivity contribution in [2.75, 3.05) is 6.61 Å². The molecule has 0 aliphatic carbocycles. The van der Waals surface area contributed by atoms with Crippen LogP contribution in [0.15, 0.2) is 10.6 Å². The van der Waals surface area contributed by atoms with Gasteiger partial charge in [-0.3, -0.25) is 4.79 Å². The van der Waals surface area contributed by atoms with Crippen molar-refractivity contribution in [2.45, 2.75) is 40.2 Å². The zero-order chi connectivity index (χ0) is 12.1. The highest BCUT2D eigenvalue weighted by Gasteiger charge is 2.25. The van der Waals surface area contributed by atoms with Crippen LogP contribution in [0.5, 0.6) is 5.88 Å². The Morgan fingerprint density at radius 1 is 1.53 bits per heavy atom. The third-order valence-corrected chi connectivity index (χ3v) is 2.37. The highest BCUT2D eigenvalue weighted by molar-refractivity contribution is 5.51. The summed E-state index contributed by atoms with van der Waals surface area (Å²) in [5, 5.41) is 13.3. The number of aliphatic hydroxyl groups is 1. The lowest BCUT2D eigenvalue weighted by molar-refractivity contribution is -0.109. The topological polar surface area (TPSA) is 72.6 Å². The number of aliphatic hydroxyl groups excluding tert-OH is 1. The van der Waals surface area contributed by atoms with Crippen LogP contribution in [0.2, 0.25) is 0 Å². The molecule has 1 aromatic rings. The minimum atomic E-state index is -0.521. The van der Waals surface area contributed by atoms with E-state index in [1.54, 1.807) is 13.0 Å². The van der Waals surface area contributed by atoms with E-state index in [-0.39, 0.29) is 31.7 Å². The molecule has 17 heavy (non-hydrogen) atoms. The molecule has 2 atom stereocenters. The van der Waals surface area contributed by atoms with E-state index in [0.29, 0.717) is 12.0 Å². The molecule has 0 saturated heterocycles. The number of rotatable bonds is 6. The first-order chi connectivity index (χ1) is 7.56. The highest BCUT2D eigenvalue weighted by Crippen LogP contribution is 2.29. The van der Waals surface area contributed by atoms with Gasteiger partial charge in [0.15, 0.2) is 6.29 Å². The smallest absolute Gasteiger partial charge is 0.254 e. The molecule has 0 saturated carbocycles. The summed E-state index contributed by atoms with van der Waals surface area (Å²) in [6.45, 7) is 5.64. The maximum atomic E-state index is 10.1.